The summed E-state index contributed by atoms with van der Waals surface area (Å²) in [7, 11) is 1.74. The van der Waals surface area contributed by atoms with E-state index in [0.29, 0.717) is 17.9 Å². The molecule has 0 saturated carbocycles. The number of methoxy groups -OCH3 is 1. The van der Waals surface area contributed by atoms with E-state index < -0.39 is 0 Å². The van der Waals surface area contributed by atoms with Crippen LogP contribution in [0.25, 0.3) is 0 Å². The third-order valence-corrected chi connectivity index (χ3v) is 6.86. The van der Waals surface area contributed by atoms with E-state index in [2.05, 4.69) is 35.4 Å². The number of nitrogens with zero attached hydrogens (tertiary/aromatic N) is 1. The fraction of sp³-hybridized carbons (Fsp3) is 0.682. The quantitative estimate of drug-likeness (QED) is 0.839. The van der Waals surface area contributed by atoms with Crippen molar-refractivity contribution in [3.8, 4) is 0 Å². The molecule has 4 heteroatoms. The van der Waals surface area contributed by atoms with Gasteiger partial charge < -0.3 is 15.0 Å². The monoisotopic (exact) mass is 356 g/mol. The van der Waals surface area contributed by atoms with Gasteiger partial charge in [0.05, 0.1) is 13.0 Å². The number of likely N-dealkylation sites (tertiary alicyclic amines) is 1. The van der Waals surface area contributed by atoms with Gasteiger partial charge in [0, 0.05) is 12.6 Å². The van der Waals surface area contributed by atoms with Crippen LogP contribution in [0.4, 0.5) is 0 Å². The Morgan fingerprint density at radius 1 is 1.23 bits per heavy atom. The van der Waals surface area contributed by atoms with Crippen LogP contribution >= 0.6 is 0 Å². The molecule has 4 nitrogen and oxygen atoms in total. The van der Waals surface area contributed by atoms with E-state index >= 15 is 0 Å². The van der Waals surface area contributed by atoms with Crippen LogP contribution in [0.1, 0.15) is 45.4 Å². The molecule has 0 bridgehead atoms. The van der Waals surface area contributed by atoms with Crippen molar-refractivity contribution in [3.05, 3.63) is 35.1 Å². The second-order valence-electron chi connectivity index (χ2n) is 8.36. The van der Waals surface area contributed by atoms with E-state index in [4.69, 9.17) is 4.74 Å². The molecular weight excluding hydrogens is 324 g/mol. The van der Waals surface area contributed by atoms with Crippen LogP contribution in [0.15, 0.2) is 35.1 Å². The largest absolute Gasteiger partial charge is 0.497 e. The van der Waals surface area contributed by atoms with Crippen molar-refractivity contribution in [1.82, 2.24) is 10.2 Å². The highest BCUT2D eigenvalue weighted by atomic mass is 16.5. The molecule has 4 atom stereocenters. The van der Waals surface area contributed by atoms with E-state index in [1.54, 1.807) is 7.11 Å². The second kappa shape index (κ2) is 7.59. The highest BCUT2D eigenvalue weighted by molar-refractivity contribution is 5.82. The Balaban J connectivity index is 1.56. The summed E-state index contributed by atoms with van der Waals surface area (Å²) in [4.78, 5) is 15.5. The number of rotatable bonds is 4. The first-order valence-corrected chi connectivity index (χ1v) is 10.4. The van der Waals surface area contributed by atoms with Crippen molar-refractivity contribution in [2.75, 3.05) is 26.7 Å². The van der Waals surface area contributed by atoms with Crippen molar-refractivity contribution in [3.63, 3.8) is 0 Å². The van der Waals surface area contributed by atoms with Crippen LogP contribution in [0.5, 0.6) is 0 Å². The zero-order valence-corrected chi connectivity index (χ0v) is 16.2. The summed E-state index contributed by atoms with van der Waals surface area (Å²) in [6.45, 7) is 5.49. The fourth-order valence-corrected chi connectivity index (χ4v) is 5.37. The maximum atomic E-state index is 12.9. The Morgan fingerprint density at radius 3 is 2.81 bits per heavy atom. The number of fused-ring (bicyclic) bond motifs is 3. The fourth-order valence-electron chi connectivity index (χ4n) is 5.37. The van der Waals surface area contributed by atoms with E-state index in [1.807, 2.05) is 0 Å². The molecule has 4 rings (SSSR count). The van der Waals surface area contributed by atoms with Gasteiger partial charge in [0.25, 0.3) is 0 Å². The molecule has 2 fully saturated rings. The van der Waals surface area contributed by atoms with Gasteiger partial charge in [0.2, 0.25) is 5.91 Å². The first-order valence-electron chi connectivity index (χ1n) is 10.4. The number of amides is 1. The number of carbonyl (C=O) groups excluding carboxylic acids is 1. The molecule has 2 saturated heterocycles. The molecule has 26 heavy (non-hydrogen) atoms. The molecule has 0 aromatic carbocycles. The Bertz CT molecular complexity index is 643. The molecule has 0 aromatic rings. The van der Waals surface area contributed by atoms with Crippen LogP contribution in [-0.2, 0) is 9.53 Å². The predicted octanol–water partition coefficient (Wildman–Crippen LogP) is 3.42. The van der Waals surface area contributed by atoms with E-state index in [-0.39, 0.29) is 11.8 Å². The minimum absolute atomic E-state index is 0.0249. The van der Waals surface area contributed by atoms with Crippen LogP contribution in [0, 0.1) is 17.8 Å². The summed E-state index contributed by atoms with van der Waals surface area (Å²) in [5.74, 6) is 2.27. The third kappa shape index (κ3) is 3.36. The first kappa shape index (κ1) is 17.8. The summed E-state index contributed by atoms with van der Waals surface area (Å²) < 4.78 is 5.44. The molecule has 2 aliphatic carbocycles. The average Bonchev–Trinajstić information content (AvgIpc) is 2.96. The first-order chi connectivity index (χ1) is 12.7. The number of carbonyl (C=O) groups is 1. The van der Waals surface area contributed by atoms with Crippen molar-refractivity contribution in [2.24, 2.45) is 17.8 Å². The van der Waals surface area contributed by atoms with Gasteiger partial charge in [0.1, 0.15) is 5.76 Å². The molecule has 0 aromatic heterocycles. The molecule has 1 amide bonds. The Morgan fingerprint density at radius 2 is 2.04 bits per heavy atom. The minimum Gasteiger partial charge on any atom is -0.497 e. The van der Waals surface area contributed by atoms with Gasteiger partial charge in [-0.15, -0.1) is 0 Å². The molecule has 0 radical (unpaired) electrons. The molecule has 2 heterocycles. The zero-order valence-electron chi connectivity index (χ0n) is 16.2. The standard InChI is InChI=1S/C22H32N2O2/c1-15(24-10-4-3-5-11-24)12-21-20-14-16-13-17(26-2)6-7-18(16)19(20)8-9-23-22(21)25/h6,13-15,18-19,21H,3-5,7-12H2,1-2H3,(H,23,25). The zero-order chi connectivity index (χ0) is 18.1. The SMILES string of the molecule is COC1=CCC2C(=C1)C=C1C(CC(C)N3CCCCC3)C(=O)NCCC12. The summed E-state index contributed by atoms with van der Waals surface area (Å²) in [5, 5.41) is 3.19. The molecular formula is C22H32N2O2. The van der Waals surface area contributed by atoms with Crippen molar-refractivity contribution < 1.29 is 9.53 Å². The van der Waals surface area contributed by atoms with E-state index in [0.717, 1.165) is 31.6 Å². The normalized spacial score (nSPS) is 33.1. The van der Waals surface area contributed by atoms with Gasteiger partial charge in [-0.3, -0.25) is 4.79 Å². The van der Waals surface area contributed by atoms with Crippen molar-refractivity contribution in [1.29, 1.82) is 0 Å². The number of nitrogens with one attached hydrogen (secondary N) is 1. The lowest BCUT2D eigenvalue weighted by atomic mass is 9.78. The average molecular weight is 357 g/mol. The van der Waals surface area contributed by atoms with E-state index in [1.165, 1.54) is 43.5 Å². The van der Waals surface area contributed by atoms with Gasteiger partial charge in [-0.05, 0) is 81.7 Å². The maximum Gasteiger partial charge on any atom is 0.227 e. The highest BCUT2D eigenvalue weighted by Crippen LogP contribution is 2.47. The molecule has 2 aliphatic heterocycles. The number of ether oxygens (including phenoxy) is 1. The Kier molecular flexibility index (Phi) is 5.21. The van der Waals surface area contributed by atoms with Gasteiger partial charge in [-0.1, -0.05) is 18.1 Å². The minimum atomic E-state index is 0.0249. The van der Waals surface area contributed by atoms with Gasteiger partial charge in [0.15, 0.2) is 0 Å². The van der Waals surface area contributed by atoms with Crippen LogP contribution in [0.2, 0.25) is 0 Å². The van der Waals surface area contributed by atoms with Crippen LogP contribution < -0.4 is 5.32 Å². The second-order valence-corrected chi connectivity index (χ2v) is 8.36. The van der Waals surface area contributed by atoms with Crippen LogP contribution in [0.3, 0.4) is 0 Å². The van der Waals surface area contributed by atoms with E-state index in [9.17, 15) is 4.79 Å². The molecule has 4 unspecified atom stereocenters. The Labute approximate surface area is 157 Å². The number of piperidine rings is 1. The number of hydrogen-bond acceptors (Lipinski definition) is 3. The lowest BCUT2D eigenvalue weighted by Crippen LogP contribution is -2.41. The number of allylic oxidation sites excluding steroid dienone is 4. The van der Waals surface area contributed by atoms with Gasteiger partial charge in [-0.25, -0.2) is 0 Å². The summed E-state index contributed by atoms with van der Waals surface area (Å²) >= 11 is 0. The Hall–Kier alpha value is -1.55. The summed E-state index contributed by atoms with van der Waals surface area (Å²) in [6, 6.07) is 0.468. The number of hydrogen-bond donors (Lipinski definition) is 1. The van der Waals surface area contributed by atoms with Crippen LogP contribution in [-0.4, -0.2) is 43.6 Å². The molecule has 4 aliphatic rings. The van der Waals surface area contributed by atoms with Gasteiger partial charge >= 0.3 is 0 Å². The molecule has 0 spiro atoms. The van der Waals surface area contributed by atoms with Crippen molar-refractivity contribution >= 4 is 5.91 Å². The van der Waals surface area contributed by atoms with Crippen molar-refractivity contribution in [2.45, 2.75) is 51.5 Å². The topological polar surface area (TPSA) is 41.6 Å². The molecule has 1 N–H and O–H groups in total. The summed E-state index contributed by atoms with van der Waals surface area (Å²) in [5.41, 5.74) is 2.75. The highest BCUT2D eigenvalue weighted by Gasteiger charge is 2.41. The lowest BCUT2D eigenvalue weighted by molar-refractivity contribution is -0.124. The maximum absolute atomic E-state index is 12.9. The van der Waals surface area contributed by atoms with Gasteiger partial charge in [-0.2, -0.15) is 0 Å². The lowest BCUT2D eigenvalue weighted by Gasteiger charge is -2.34. The third-order valence-electron chi connectivity index (χ3n) is 6.86. The predicted molar refractivity (Wildman–Crippen MR) is 103 cm³/mol. The molecule has 142 valence electrons. The summed E-state index contributed by atoms with van der Waals surface area (Å²) in [6.07, 6.45) is 13.7. The smallest absolute Gasteiger partial charge is 0.227 e.